The number of fused-ring (bicyclic) bond motifs is 12. The van der Waals surface area contributed by atoms with Crippen LogP contribution >= 0.6 is 0 Å². The number of anilines is 6. The molecule has 0 aliphatic carbocycles. The predicted octanol–water partition coefficient (Wildman–Crippen LogP) is 8.72. The molecular formula is C42H33N7. The van der Waals surface area contributed by atoms with Crippen LogP contribution in [0.15, 0.2) is 164 Å². The normalized spacial score (nSPS) is 23.1. The Labute approximate surface area is 285 Å². The number of allylic oxidation sites excluding steroid dienone is 1. The monoisotopic (exact) mass is 635 g/mol. The Bertz CT molecular complexity index is 2270. The maximum absolute atomic E-state index is 5.58. The summed E-state index contributed by atoms with van der Waals surface area (Å²) in [5.41, 5.74) is 8.20. The molecule has 49 heavy (non-hydrogen) atoms. The van der Waals surface area contributed by atoms with Gasteiger partial charge in [0.2, 0.25) is 0 Å². The number of hydrogen-bond acceptors (Lipinski definition) is 7. The second kappa shape index (κ2) is 10.4. The van der Waals surface area contributed by atoms with Gasteiger partial charge in [0.15, 0.2) is 17.5 Å². The maximum Gasteiger partial charge on any atom is 0.178 e. The van der Waals surface area contributed by atoms with Gasteiger partial charge in [-0.15, -0.1) is 0 Å². The standard InChI is InChI=1S/C42H33N7/c1-28-32-22-12-14-24-34(32)49-41(46(30-18-8-4-9-19-30)37(45-49)29-16-6-3-7-17-29)36-40-47(31-20-10-5-11-21-31)38-39(44-27-26-43-38)48(40)35-25-15-13-23-33(35)42(28,36)2/h3-27,36,40-41H,1H2,2H3. The Morgan fingerprint density at radius 2 is 1.12 bits per heavy atom. The van der Waals surface area contributed by atoms with Gasteiger partial charge in [0, 0.05) is 46.0 Å². The van der Waals surface area contributed by atoms with Crippen LogP contribution < -0.4 is 19.7 Å². The number of hydrazone groups is 1. The highest BCUT2D eigenvalue weighted by atomic mass is 15.6. The minimum atomic E-state index is -0.545. The summed E-state index contributed by atoms with van der Waals surface area (Å²) >= 11 is 0. The molecule has 0 saturated heterocycles. The molecule has 5 heterocycles. The highest BCUT2D eigenvalue weighted by Crippen LogP contribution is 2.63. The number of aromatic nitrogens is 2. The fraction of sp³-hybridized carbons (Fsp3) is 0.119. The molecule has 1 aromatic heterocycles. The number of nitrogens with zero attached hydrogens (tertiary/aromatic N) is 7. The van der Waals surface area contributed by atoms with Gasteiger partial charge in [-0.1, -0.05) is 117 Å². The summed E-state index contributed by atoms with van der Waals surface area (Å²) in [6, 6.07) is 49.3. The van der Waals surface area contributed by atoms with Crippen LogP contribution in [0.4, 0.5) is 34.4 Å². The van der Waals surface area contributed by atoms with E-state index in [-0.39, 0.29) is 18.2 Å². The summed E-state index contributed by atoms with van der Waals surface area (Å²) in [7, 11) is 0. The molecule has 0 amide bonds. The Hall–Kier alpha value is -6.21. The number of para-hydroxylation sites is 4. The summed E-state index contributed by atoms with van der Waals surface area (Å²) in [6.45, 7) is 7.37. The van der Waals surface area contributed by atoms with Crippen LogP contribution in [0.25, 0.3) is 5.57 Å². The van der Waals surface area contributed by atoms with Crippen molar-refractivity contribution in [2.75, 3.05) is 19.7 Å². The average molecular weight is 636 g/mol. The van der Waals surface area contributed by atoms with Crippen LogP contribution in [-0.2, 0) is 5.41 Å². The zero-order valence-electron chi connectivity index (χ0n) is 27.0. The van der Waals surface area contributed by atoms with Crippen LogP contribution in [0.1, 0.15) is 23.6 Å². The van der Waals surface area contributed by atoms with Crippen LogP contribution in [0.5, 0.6) is 0 Å². The van der Waals surface area contributed by atoms with Crippen molar-refractivity contribution >= 4 is 45.8 Å². The van der Waals surface area contributed by atoms with Crippen molar-refractivity contribution in [2.45, 2.75) is 24.7 Å². The Kier molecular flexibility index (Phi) is 5.91. The third kappa shape index (κ3) is 3.75. The molecular weight excluding hydrogens is 603 g/mol. The van der Waals surface area contributed by atoms with E-state index in [1.807, 2.05) is 0 Å². The predicted molar refractivity (Wildman–Crippen MR) is 197 cm³/mol. The minimum absolute atomic E-state index is 0.135. The van der Waals surface area contributed by atoms with Crippen molar-refractivity contribution in [1.82, 2.24) is 9.97 Å². The number of hydrogen-bond donors (Lipinski definition) is 0. The number of amidine groups is 1. The summed E-state index contributed by atoms with van der Waals surface area (Å²) in [4.78, 5) is 17.3. The van der Waals surface area contributed by atoms with Crippen LogP contribution in [0, 0.1) is 5.92 Å². The number of benzene rings is 5. The largest absolute Gasteiger partial charge is 0.301 e. The fourth-order valence-corrected chi connectivity index (χ4v) is 8.70. The molecule has 4 aliphatic rings. The highest BCUT2D eigenvalue weighted by molar-refractivity contribution is 6.13. The van der Waals surface area contributed by atoms with Crippen LogP contribution in [0.2, 0.25) is 0 Å². The summed E-state index contributed by atoms with van der Waals surface area (Å²) < 4.78 is 0. The van der Waals surface area contributed by atoms with Crippen molar-refractivity contribution in [3.05, 3.63) is 175 Å². The summed E-state index contributed by atoms with van der Waals surface area (Å²) in [5, 5.41) is 7.85. The third-order valence-electron chi connectivity index (χ3n) is 10.8. The molecule has 0 radical (unpaired) electrons. The van der Waals surface area contributed by atoms with Crippen molar-refractivity contribution in [1.29, 1.82) is 0 Å². The summed E-state index contributed by atoms with van der Waals surface area (Å²) in [6.07, 6.45) is 3.12. The van der Waals surface area contributed by atoms with Crippen molar-refractivity contribution in [2.24, 2.45) is 11.0 Å². The minimum Gasteiger partial charge on any atom is -0.301 e. The molecule has 236 valence electrons. The first kappa shape index (κ1) is 27.9. The van der Waals surface area contributed by atoms with E-state index in [0.717, 1.165) is 56.9 Å². The second-order valence-corrected chi connectivity index (χ2v) is 13.2. The van der Waals surface area contributed by atoms with Gasteiger partial charge in [-0.05, 0) is 47.5 Å². The fourth-order valence-electron chi connectivity index (χ4n) is 8.70. The lowest BCUT2D eigenvalue weighted by molar-refractivity contribution is 0.252. The third-order valence-corrected chi connectivity index (χ3v) is 10.8. The first-order chi connectivity index (χ1) is 24.2. The van der Waals surface area contributed by atoms with Crippen LogP contribution in [-0.4, -0.2) is 28.1 Å². The van der Waals surface area contributed by atoms with Gasteiger partial charge in [-0.2, -0.15) is 5.10 Å². The molecule has 4 atom stereocenters. The Balaban J connectivity index is 1.33. The van der Waals surface area contributed by atoms with Gasteiger partial charge in [0.1, 0.15) is 12.3 Å². The van der Waals surface area contributed by atoms with E-state index in [1.165, 1.54) is 5.56 Å². The molecule has 0 spiro atoms. The molecule has 4 aliphatic heterocycles. The molecule has 7 nitrogen and oxygen atoms in total. The van der Waals surface area contributed by atoms with E-state index < -0.39 is 5.41 Å². The van der Waals surface area contributed by atoms with E-state index in [1.54, 1.807) is 12.4 Å². The first-order valence-corrected chi connectivity index (χ1v) is 16.8. The average Bonchev–Trinajstić information content (AvgIpc) is 3.70. The molecule has 5 aromatic carbocycles. The van der Waals surface area contributed by atoms with Crippen LogP contribution in [0.3, 0.4) is 0 Å². The van der Waals surface area contributed by atoms with Gasteiger partial charge < -0.3 is 14.7 Å². The molecule has 0 bridgehead atoms. The molecule has 10 rings (SSSR count). The first-order valence-electron chi connectivity index (χ1n) is 16.8. The van der Waals surface area contributed by atoms with E-state index in [2.05, 4.69) is 166 Å². The molecule has 0 fully saturated rings. The van der Waals surface area contributed by atoms with Crippen molar-refractivity contribution in [3.8, 4) is 0 Å². The number of rotatable bonds is 3. The Morgan fingerprint density at radius 1 is 0.571 bits per heavy atom. The lowest BCUT2D eigenvalue weighted by atomic mass is 9.61. The van der Waals surface area contributed by atoms with Gasteiger partial charge in [-0.25, -0.2) is 15.0 Å². The van der Waals surface area contributed by atoms with Crippen molar-refractivity contribution < 1.29 is 0 Å². The van der Waals surface area contributed by atoms with Crippen molar-refractivity contribution in [3.63, 3.8) is 0 Å². The quantitative estimate of drug-likeness (QED) is 0.194. The topological polar surface area (TPSA) is 51.1 Å². The molecule has 7 heteroatoms. The second-order valence-electron chi connectivity index (χ2n) is 13.2. The van der Waals surface area contributed by atoms with E-state index in [4.69, 9.17) is 21.6 Å². The molecule has 4 unspecified atom stereocenters. The van der Waals surface area contributed by atoms with Gasteiger partial charge in [0.05, 0.1) is 11.6 Å². The Morgan fingerprint density at radius 3 is 1.82 bits per heavy atom. The smallest absolute Gasteiger partial charge is 0.178 e. The molecule has 0 N–H and O–H groups in total. The lowest BCUT2D eigenvalue weighted by Crippen LogP contribution is -2.64. The molecule has 0 saturated carbocycles. The lowest BCUT2D eigenvalue weighted by Gasteiger charge is -2.55. The van der Waals surface area contributed by atoms with E-state index in [0.29, 0.717) is 0 Å². The SMILES string of the molecule is C=C1c2ccccc2N2N=C(c3ccccc3)N(c3ccccc3)C2C2C3N(c4ccccc4)c4nccnc4N3c3ccccc3C12C. The van der Waals surface area contributed by atoms with E-state index >= 15 is 0 Å². The van der Waals surface area contributed by atoms with Gasteiger partial charge >= 0.3 is 0 Å². The summed E-state index contributed by atoms with van der Waals surface area (Å²) in [5.74, 6) is 2.46. The van der Waals surface area contributed by atoms with Gasteiger partial charge in [0.25, 0.3) is 0 Å². The zero-order chi connectivity index (χ0) is 32.7. The highest BCUT2D eigenvalue weighted by Gasteiger charge is 2.64. The zero-order valence-corrected chi connectivity index (χ0v) is 27.0. The van der Waals surface area contributed by atoms with E-state index in [9.17, 15) is 0 Å². The molecule has 6 aromatic rings. The maximum atomic E-state index is 5.58. The van der Waals surface area contributed by atoms with Gasteiger partial charge in [-0.3, -0.25) is 0 Å².